The van der Waals surface area contributed by atoms with E-state index in [9.17, 15) is 9.59 Å². The maximum absolute atomic E-state index is 11.9. The summed E-state index contributed by atoms with van der Waals surface area (Å²) in [5.41, 5.74) is 0. The first-order valence-corrected chi connectivity index (χ1v) is 6.17. The summed E-state index contributed by atoms with van der Waals surface area (Å²) in [6.45, 7) is 0. The largest absolute Gasteiger partial charge is 0.481 e. The zero-order valence-corrected chi connectivity index (χ0v) is 10.0. The summed E-state index contributed by atoms with van der Waals surface area (Å²) in [7, 11) is 1.67. The van der Waals surface area contributed by atoms with Crippen LogP contribution in [-0.2, 0) is 14.3 Å². The minimum atomic E-state index is -0.842. The fourth-order valence-corrected chi connectivity index (χ4v) is 2.75. The Morgan fingerprint density at radius 1 is 1.24 bits per heavy atom. The first kappa shape index (κ1) is 12.4. The Labute approximate surface area is 101 Å². The normalized spacial score (nSPS) is 36.3. The van der Waals surface area contributed by atoms with E-state index >= 15 is 0 Å². The fraction of sp³-hybridized carbons (Fsp3) is 0.833. The number of rotatable bonds is 4. The average Bonchev–Trinajstić information content (AvgIpc) is 2.71. The predicted molar refractivity (Wildman–Crippen MR) is 60.4 cm³/mol. The van der Waals surface area contributed by atoms with Crippen LogP contribution in [0.2, 0.25) is 0 Å². The molecule has 0 aromatic rings. The van der Waals surface area contributed by atoms with E-state index in [0.717, 1.165) is 19.3 Å². The topological polar surface area (TPSA) is 75.6 Å². The van der Waals surface area contributed by atoms with Gasteiger partial charge in [-0.3, -0.25) is 9.59 Å². The number of aliphatic carboxylic acids is 1. The second-order valence-electron chi connectivity index (χ2n) is 5.02. The number of amides is 1. The Morgan fingerprint density at radius 2 is 1.88 bits per heavy atom. The van der Waals surface area contributed by atoms with Gasteiger partial charge in [0, 0.05) is 13.2 Å². The van der Waals surface area contributed by atoms with Gasteiger partial charge in [0.05, 0.1) is 17.9 Å². The number of ether oxygens (including phenoxy) is 1. The minimum Gasteiger partial charge on any atom is -0.481 e. The Hall–Kier alpha value is -1.10. The molecule has 2 saturated carbocycles. The van der Waals surface area contributed by atoms with Crippen molar-refractivity contribution in [2.75, 3.05) is 7.11 Å². The molecule has 2 aliphatic carbocycles. The van der Waals surface area contributed by atoms with E-state index in [0.29, 0.717) is 12.8 Å². The van der Waals surface area contributed by atoms with Gasteiger partial charge in [0.15, 0.2) is 0 Å². The van der Waals surface area contributed by atoms with Crippen LogP contribution in [0.5, 0.6) is 0 Å². The molecule has 2 fully saturated rings. The van der Waals surface area contributed by atoms with Crippen LogP contribution < -0.4 is 5.32 Å². The molecule has 17 heavy (non-hydrogen) atoms. The van der Waals surface area contributed by atoms with Gasteiger partial charge >= 0.3 is 5.97 Å². The summed E-state index contributed by atoms with van der Waals surface area (Å²) in [6, 6.07) is 0.169. The molecular weight excluding hydrogens is 222 g/mol. The molecule has 5 nitrogen and oxygen atoms in total. The lowest BCUT2D eigenvalue weighted by molar-refractivity contribution is -0.146. The number of nitrogens with one attached hydrogen (secondary N) is 1. The molecule has 0 aromatic heterocycles. The Balaban J connectivity index is 1.82. The van der Waals surface area contributed by atoms with Crippen LogP contribution in [0, 0.1) is 11.8 Å². The van der Waals surface area contributed by atoms with Crippen molar-refractivity contribution >= 4 is 11.9 Å². The maximum atomic E-state index is 11.9. The van der Waals surface area contributed by atoms with E-state index in [-0.39, 0.29) is 24.0 Å². The van der Waals surface area contributed by atoms with Gasteiger partial charge in [0.1, 0.15) is 0 Å². The third-order valence-corrected chi connectivity index (χ3v) is 3.94. The summed E-state index contributed by atoms with van der Waals surface area (Å²) in [4.78, 5) is 22.9. The monoisotopic (exact) mass is 241 g/mol. The Kier molecular flexibility index (Phi) is 3.66. The highest BCUT2D eigenvalue weighted by molar-refractivity contribution is 5.85. The van der Waals surface area contributed by atoms with Gasteiger partial charge in [-0.15, -0.1) is 0 Å². The smallest absolute Gasteiger partial charge is 0.307 e. The van der Waals surface area contributed by atoms with E-state index < -0.39 is 11.9 Å². The van der Waals surface area contributed by atoms with Crippen molar-refractivity contribution in [3.63, 3.8) is 0 Å². The van der Waals surface area contributed by atoms with Crippen molar-refractivity contribution in [1.82, 2.24) is 5.32 Å². The van der Waals surface area contributed by atoms with Gasteiger partial charge in [-0.25, -0.2) is 0 Å². The highest BCUT2D eigenvalue weighted by atomic mass is 16.5. The summed E-state index contributed by atoms with van der Waals surface area (Å²) < 4.78 is 5.14. The summed E-state index contributed by atoms with van der Waals surface area (Å²) in [6.07, 6.45) is 4.08. The number of methoxy groups -OCH3 is 1. The Morgan fingerprint density at radius 3 is 2.47 bits per heavy atom. The number of carboxylic acid groups (broad SMARTS) is 1. The molecule has 0 aromatic carbocycles. The summed E-state index contributed by atoms with van der Waals surface area (Å²) in [5, 5.41) is 11.9. The number of carbonyl (C=O) groups is 2. The maximum Gasteiger partial charge on any atom is 0.307 e. The molecule has 2 atom stereocenters. The lowest BCUT2D eigenvalue weighted by Gasteiger charge is -2.35. The molecule has 2 rings (SSSR count). The zero-order valence-electron chi connectivity index (χ0n) is 10.0. The van der Waals surface area contributed by atoms with Gasteiger partial charge in [0.25, 0.3) is 0 Å². The van der Waals surface area contributed by atoms with Gasteiger partial charge < -0.3 is 15.2 Å². The van der Waals surface area contributed by atoms with Crippen LogP contribution in [0.15, 0.2) is 0 Å². The number of hydrogen-bond acceptors (Lipinski definition) is 3. The van der Waals surface area contributed by atoms with Crippen LogP contribution in [0.4, 0.5) is 0 Å². The summed E-state index contributed by atoms with van der Waals surface area (Å²) in [5.74, 6) is -1.76. The van der Waals surface area contributed by atoms with Crippen molar-refractivity contribution in [2.24, 2.45) is 11.8 Å². The van der Waals surface area contributed by atoms with Crippen LogP contribution in [0.25, 0.3) is 0 Å². The second kappa shape index (κ2) is 5.04. The van der Waals surface area contributed by atoms with Crippen molar-refractivity contribution < 1.29 is 19.4 Å². The van der Waals surface area contributed by atoms with Crippen LogP contribution in [0.1, 0.15) is 32.1 Å². The second-order valence-corrected chi connectivity index (χ2v) is 5.02. The molecule has 2 N–H and O–H groups in total. The molecule has 5 heteroatoms. The van der Waals surface area contributed by atoms with Crippen molar-refractivity contribution in [2.45, 2.75) is 44.2 Å². The molecule has 0 unspecified atom stereocenters. The number of carbonyl (C=O) groups excluding carboxylic acids is 1. The highest BCUT2D eigenvalue weighted by Crippen LogP contribution is 2.33. The first-order chi connectivity index (χ1) is 8.11. The van der Waals surface area contributed by atoms with E-state index in [1.165, 1.54) is 0 Å². The van der Waals surface area contributed by atoms with Gasteiger partial charge in [-0.1, -0.05) is 6.42 Å². The molecule has 96 valence electrons. The molecule has 0 radical (unpaired) electrons. The minimum absolute atomic E-state index is 0.0885. The SMILES string of the molecule is COC1CC(NC(=O)[C@@H]2CCC[C@@H]2C(=O)O)C1. The molecule has 0 heterocycles. The van der Waals surface area contributed by atoms with Crippen molar-refractivity contribution in [3.8, 4) is 0 Å². The molecule has 2 aliphatic rings. The van der Waals surface area contributed by atoms with Crippen molar-refractivity contribution in [3.05, 3.63) is 0 Å². The molecule has 1 amide bonds. The van der Waals surface area contributed by atoms with E-state index in [2.05, 4.69) is 5.32 Å². The fourth-order valence-electron chi connectivity index (χ4n) is 2.75. The van der Waals surface area contributed by atoms with Crippen molar-refractivity contribution in [1.29, 1.82) is 0 Å². The standard InChI is InChI=1S/C12H19NO4/c1-17-8-5-7(6-8)13-11(14)9-3-2-4-10(9)12(15)16/h7-10H,2-6H2,1H3,(H,13,14)(H,15,16)/t7?,8?,9-,10+/m1/s1. The molecule has 0 saturated heterocycles. The third-order valence-electron chi connectivity index (χ3n) is 3.94. The van der Waals surface area contributed by atoms with Gasteiger partial charge in [-0.05, 0) is 25.7 Å². The summed E-state index contributed by atoms with van der Waals surface area (Å²) >= 11 is 0. The quantitative estimate of drug-likeness (QED) is 0.762. The number of hydrogen-bond donors (Lipinski definition) is 2. The zero-order chi connectivity index (χ0) is 12.4. The van der Waals surface area contributed by atoms with Gasteiger partial charge in [0.2, 0.25) is 5.91 Å². The molecule has 0 spiro atoms. The predicted octanol–water partition coefficient (Wildman–Crippen LogP) is 0.781. The first-order valence-electron chi connectivity index (χ1n) is 6.17. The molecular formula is C12H19NO4. The number of carboxylic acids is 1. The van der Waals surface area contributed by atoms with E-state index in [4.69, 9.17) is 9.84 Å². The molecule has 0 bridgehead atoms. The van der Waals surface area contributed by atoms with Crippen LogP contribution in [0.3, 0.4) is 0 Å². The average molecular weight is 241 g/mol. The van der Waals surface area contributed by atoms with E-state index in [1.54, 1.807) is 7.11 Å². The lowest BCUT2D eigenvalue weighted by Crippen LogP contribution is -2.50. The third kappa shape index (κ3) is 2.60. The molecule has 0 aliphatic heterocycles. The Bertz CT molecular complexity index is 312. The van der Waals surface area contributed by atoms with Crippen LogP contribution >= 0.6 is 0 Å². The van der Waals surface area contributed by atoms with Crippen LogP contribution in [-0.4, -0.2) is 36.2 Å². The lowest BCUT2D eigenvalue weighted by atomic mass is 9.87. The van der Waals surface area contributed by atoms with Gasteiger partial charge in [-0.2, -0.15) is 0 Å². The highest BCUT2D eigenvalue weighted by Gasteiger charge is 2.39. The van der Waals surface area contributed by atoms with E-state index in [1.807, 2.05) is 0 Å².